The average Bonchev–Trinajstić information content (AvgIpc) is 3.68. The summed E-state index contributed by atoms with van der Waals surface area (Å²) in [5.41, 5.74) is 10.3. The van der Waals surface area contributed by atoms with Crippen LogP contribution in [-0.2, 0) is 0 Å². The van der Waals surface area contributed by atoms with Gasteiger partial charge >= 0.3 is 0 Å². The van der Waals surface area contributed by atoms with E-state index in [-0.39, 0.29) is 6.10 Å². The molecule has 7 aromatic carbocycles. The molecule has 0 spiro atoms. The predicted molar refractivity (Wildman–Crippen MR) is 197 cm³/mol. The Balaban J connectivity index is 1.07. The highest BCUT2D eigenvalue weighted by molar-refractivity contribution is 6.11. The van der Waals surface area contributed by atoms with Crippen molar-refractivity contribution in [3.8, 4) is 22.6 Å². The molecule has 2 aliphatic rings. The second-order valence-corrected chi connectivity index (χ2v) is 13.2. The molecule has 3 unspecified atom stereocenters. The maximum absolute atomic E-state index is 6.55. The number of hydrogen-bond donors (Lipinski definition) is 0. The Morgan fingerprint density at radius 1 is 0.553 bits per heavy atom. The number of fused-ring (bicyclic) bond motifs is 9. The van der Waals surface area contributed by atoms with E-state index in [1.807, 2.05) is 0 Å². The van der Waals surface area contributed by atoms with E-state index in [1.165, 1.54) is 76.9 Å². The maximum Gasteiger partial charge on any atom is 0.124 e. The van der Waals surface area contributed by atoms with Crippen LogP contribution in [0.25, 0.3) is 65.7 Å². The lowest BCUT2D eigenvalue weighted by Crippen LogP contribution is -2.28. The van der Waals surface area contributed by atoms with Crippen molar-refractivity contribution >= 4 is 48.9 Å². The number of para-hydroxylation sites is 1. The van der Waals surface area contributed by atoms with Gasteiger partial charge in [-0.05, 0) is 80.7 Å². The summed E-state index contributed by atoms with van der Waals surface area (Å²) in [6.45, 7) is 2.39. The van der Waals surface area contributed by atoms with Crippen LogP contribution < -0.4 is 4.74 Å². The molecule has 8 aromatic rings. The fourth-order valence-corrected chi connectivity index (χ4v) is 8.61. The van der Waals surface area contributed by atoms with E-state index in [4.69, 9.17) is 4.74 Å². The van der Waals surface area contributed by atoms with Gasteiger partial charge in [0, 0.05) is 34.1 Å². The van der Waals surface area contributed by atoms with Crippen LogP contribution in [0, 0.1) is 5.92 Å². The predicted octanol–water partition coefficient (Wildman–Crippen LogP) is 11.7. The highest BCUT2D eigenvalue weighted by Gasteiger charge is 2.42. The topological polar surface area (TPSA) is 14.2 Å². The molecule has 0 N–H and O–H groups in total. The number of aromatic nitrogens is 1. The molecule has 0 amide bonds. The number of nitrogens with zero attached hydrogens (tertiary/aromatic N) is 1. The van der Waals surface area contributed by atoms with Crippen molar-refractivity contribution in [1.82, 2.24) is 4.57 Å². The molecule has 224 valence electrons. The van der Waals surface area contributed by atoms with Crippen LogP contribution in [-0.4, -0.2) is 10.7 Å². The molecule has 2 nitrogen and oxygen atoms in total. The van der Waals surface area contributed by atoms with E-state index in [9.17, 15) is 0 Å². The van der Waals surface area contributed by atoms with Gasteiger partial charge in [-0.15, -0.1) is 0 Å². The van der Waals surface area contributed by atoms with Crippen molar-refractivity contribution in [2.45, 2.75) is 25.4 Å². The molecule has 10 rings (SSSR count). The van der Waals surface area contributed by atoms with E-state index < -0.39 is 0 Å². The Bertz CT molecular complexity index is 2560. The third-order valence-electron chi connectivity index (χ3n) is 10.8. The van der Waals surface area contributed by atoms with Gasteiger partial charge < -0.3 is 9.30 Å². The molecule has 0 fully saturated rings. The van der Waals surface area contributed by atoms with Crippen LogP contribution in [0.1, 0.15) is 30.4 Å². The number of hydrogen-bond acceptors (Lipinski definition) is 1. The fraction of sp³-hybridized carbons (Fsp3) is 0.111. The molecule has 47 heavy (non-hydrogen) atoms. The Labute approximate surface area is 274 Å². The van der Waals surface area contributed by atoms with Crippen LogP contribution in [0.15, 0.2) is 152 Å². The van der Waals surface area contributed by atoms with Gasteiger partial charge in [-0.1, -0.05) is 122 Å². The normalized spacial score (nSPS) is 18.7. The summed E-state index contributed by atoms with van der Waals surface area (Å²) in [6, 6.07) is 53.4. The lowest BCUT2D eigenvalue weighted by Gasteiger charge is -2.32. The molecule has 0 bridgehead atoms. The van der Waals surface area contributed by atoms with E-state index in [1.54, 1.807) is 0 Å². The summed E-state index contributed by atoms with van der Waals surface area (Å²) in [4.78, 5) is 0. The first-order valence-corrected chi connectivity index (χ1v) is 16.7. The quantitative estimate of drug-likeness (QED) is 0.196. The van der Waals surface area contributed by atoms with E-state index >= 15 is 0 Å². The molecule has 3 atom stereocenters. The molecule has 1 aliphatic heterocycles. The minimum Gasteiger partial charge on any atom is -0.489 e. The first kappa shape index (κ1) is 26.6. The number of ether oxygens (including phenoxy) is 1. The van der Waals surface area contributed by atoms with Gasteiger partial charge in [0.05, 0.1) is 16.7 Å². The Kier molecular flexibility index (Phi) is 5.77. The van der Waals surface area contributed by atoms with Gasteiger partial charge in [-0.2, -0.15) is 0 Å². The molecule has 1 aromatic heterocycles. The van der Waals surface area contributed by atoms with Crippen LogP contribution in [0.3, 0.4) is 0 Å². The molecule has 0 saturated heterocycles. The molecule has 0 saturated carbocycles. The summed E-state index contributed by atoms with van der Waals surface area (Å²) in [7, 11) is 0. The average molecular weight is 604 g/mol. The van der Waals surface area contributed by atoms with Crippen molar-refractivity contribution in [3.63, 3.8) is 0 Å². The zero-order chi connectivity index (χ0) is 31.1. The summed E-state index contributed by atoms with van der Waals surface area (Å²) in [5.74, 6) is 1.75. The first-order chi connectivity index (χ1) is 23.2. The van der Waals surface area contributed by atoms with Crippen molar-refractivity contribution < 1.29 is 4.74 Å². The van der Waals surface area contributed by atoms with Crippen LogP contribution >= 0.6 is 0 Å². The monoisotopic (exact) mass is 603 g/mol. The summed E-state index contributed by atoms with van der Waals surface area (Å²) in [5, 5.41) is 7.68. The van der Waals surface area contributed by atoms with Gasteiger partial charge in [0.25, 0.3) is 0 Å². The zero-order valence-corrected chi connectivity index (χ0v) is 26.2. The van der Waals surface area contributed by atoms with Crippen LogP contribution in [0.4, 0.5) is 0 Å². The van der Waals surface area contributed by atoms with Gasteiger partial charge in [0.2, 0.25) is 0 Å². The van der Waals surface area contributed by atoms with Crippen molar-refractivity contribution in [3.05, 3.63) is 163 Å². The fourth-order valence-electron chi connectivity index (χ4n) is 8.61. The van der Waals surface area contributed by atoms with Crippen LogP contribution in [0.2, 0.25) is 0 Å². The Morgan fingerprint density at radius 2 is 1.23 bits per heavy atom. The number of benzene rings is 7. The lowest BCUT2D eigenvalue weighted by molar-refractivity contribution is 0.189. The van der Waals surface area contributed by atoms with E-state index in [2.05, 4.69) is 163 Å². The van der Waals surface area contributed by atoms with Gasteiger partial charge in [0.15, 0.2) is 0 Å². The third-order valence-corrected chi connectivity index (χ3v) is 10.8. The zero-order valence-electron chi connectivity index (χ0n) is 26.2. The summed E-state index contributed by atoms with van der Waals surface area (Å²) in [6.07, 6.45) is 3.55. The highest BCUT2D eigenvalue weighted by atomic mass is 16.5. The Morgan fingerprint density at radius 3 is 2.13 bits per heavy atom. The largest absolute Gasteiger partial charge is 0.489 e. The molecule has 1 aliphatic carbocycles. The molecular weight excluding hydrogens is 571 g/mol. The summed E-state index contributed by atoms with van der Waals surface area (Å²) < 4.78 is 8.99. The van der Waals surface area contributed by atoms with E-state index in [0.717, 1.165) is 12.2 Å². The smallest absolute Gasteiger partial charge is 0.124 e. The number of rotatable bonds is 3. The second kappa shape index (κ2) is 10.2. The van der Waals surface area contributed by atoms with E-state index in [0.29, 0.717) is 11.8 Å². The maximum atomic E-state index is 6.55. The number of allylic oxidation sites excluding steroid dienone is 1. The third kappa shape index (κ3) is 3.98. The molecular formula is C45H33NO. The van der Waals surface area contributed by atoms with Crippen LogP contribution in [0.5, 0.6) is 5.75 Å². The molecule has 2 heteroatoms. The molecule has 2 heterocycles. The molecule has 0 radical (unpaired) electrons. The van der Waals surface area contributed by atoms with Crippen molar-refractivity contribution in [2.75, 3.05) is 0 Å². The first-order valence-electron chi connectivity index (χ1n) is 16.7. The van der Waals surface area contributed by atoms with Gasteiger partial charge in [-0.25, -0.2) is 0 Å². The summed E-state index contributed by atoms with van der Waals surface area (Å²) >= 11 is 0. The standard InChI is InChI=1S/C45H33NO/c1-28-34(22-25-42-44(28)45-36-16-5-3-11-30(36)21-24-43(45)47-42)33-14-8-13-31(26-33)32-20-23-41-38(27-32)37-17-6-7-18-40(37)46(41)39-19-9-12-29-10-2-4-15-35(29)39/h2-24,26-28,42,44H,25H2,1H3. The van der Waals surface area contributed by atoms with Crippen molar-refractivity contribution in [1.29, 1.82) is 0 Å². The van der Waals surface area contributed by atoms with Crippen molar-refractivity contribution in [2.24, 2.45) is 5.92 Å². The van der Waals surface area contributed by atoms with Gasteiger partial charge in [0.1, 0.15) is 11.9 Å². The second-order valence-electron chi connectivity index (χ2n) is 13.2. The van der Waals surface area contributed by atoms with Gasteiger partial charge in [-0.3, -0.25) is 0 Å². The minimum absolute atomic E-state index is 0.194. The SMILES string of the molecule is CC1C(c2cccc(-c3ccc4c(c3)c3ccccc3n4-c3cccc4ccccc34)c2)=CCC2Oc3ccc4ccccc4c3C21. The lowest BCUT2D eigenvalue weighted by atomic mass is 9.72. The minimum atomic E-state index is 0.194. The highest BCUT2D eigenvalue weighted by Crippen LogP contribution is 2.53. The Hall–Kier alpha value is -5.60.